The Morgan fingerprint density at radius 3 is 2.22 bits per heavy atom. The molecule has 3 aromatic carbocycles. The fourth-order valence-electron chi connectivity index (χ4n) is 6.01. The van der Waals surface area contributed by atoms with Crippen LogP contribution in [0, 0.1) is 5.82 Å². The number of benzene rings is 3. The van der Waals surface area contributed by atoms with E-state index in [1.807, 2.05) is 27.7 Å². The lowest BCUT2D eigenvalue weighted by molar-refractivity contribution is -0.138. The van der Waals surface area contributed by atoms with Crippen molar-refractivity contribution >= 4 is 45.2 Å². The Bertz CT molecular complexity index is 2010. The monoisotopic (exact) mass is 700 g/mol. The van der Waals surface area contributed by atoms with Crippen molar-refractivity contribution in [2.75, 3.05) is 17.5 Å². The van der Waals surface area contributed by atoms with Gasteiger partial charge >= 0.3 is 13.3 Å². The van der Waals surface area contributed by atoms with E-state index in [9.17, 15) is 30.8 Å². The summed E-state index contributed by atoms with van der Waals surface area (Å²) in [5.41, 5.74) is -0.210. The van der Waals surface area contributed by atoms with Crippen LogP contribution in [0.5, 0.6) is 0 Å². The van der Waals surface area contributed by atoms with Crippen LogP contribution in [0.25, 0.3) is 22.3 Å². The molecular formula is C35H37BF4N2O6S. The van der Waals surface area contributed by atoms with Crippen molar-refractivity contribution in [2.45, 2.75) is 76.7 Å². The molecule has 1 aliphatic heterocycles. The Hall–Kier alpha value is -3.88. The molecule has 1 aliphatic carbocycles. The molecule has 6 rings (SSSR count). The minimum absolute atomic E-state index is 0.0336. The van der Waals surface area contributed by atoms with E-state index < -0.39 is 57.6 Å². The lowest BCUT2D eigenvalue weighted by Crippen LogP contribution is -2.41. The first-order chi connectivity index (χ1) is 22.9. The molecular weight excluding hydrogens is 663 g/mol. The molecule has 0 atom stereocenters. The van der Waals surface area contributed by atoms with Crippen molar-refractivity contribution in [3.05, 3.63) is 82.7 Å². The van der Waals surface area contributed by atoms with E-state index in [1.54, 1.807) is 6.07 Å². The number of amides is 1. The highest BCUT2D eigenvalue weighted by Crippen LogP contribution is 2.47. The molecule has 2 aliphatic rings. The predicted octanol–water partition coefficient (Wildman–Crippen LogP) is 7.17. The number of hydrogen-bond acceptors (Lipinski definition) is 6. The fraction of sp³-hybridized carbons (Fsp3) is 0.400. The number of sulfonamides is 1. The Kier molecular flexibility index (Phi) is 8.90. The van der Waals surface area contributed by atoms with E-state index >= 15 is 0 Å². The second kappa shape index (κ2) is 12.5. The molecule has 0 radical (unpaired) electrons. The van der Waals surface area contributed by atoms with Gasteiger partial charge in [0.05, 0.1) is 33.8 Å². The number of rotatable bonds is 10. The van der Waals surface area contributed by atoms with Crippen LogP contribution in [0.2, 0.25) is 0 Å². The predicted molar refractivity (Wildman–Crippen MR) is 180 cm³/mol. The molecule has 0 spiro atoms. The van der Waals surface area contributed by atoms with E-state index in [0.29, 0.717) is 16.5 Å². The minimum atomic E-state index is -4.68. The summed E-state index contributed by atoms with van der Waals surface area (Å²) >= 11 is 0. The fourth-order valence-corrected chi connectivity index (χ4v) is 7.15. The van der Waals surface area contributed by atoms with Crippen LogP contribution in [-0.4, -0.2) is 45.4 Å². The molecule has 1 amide bonds. The lowest BCUT2D eigenvalue weighted by Gasteiger charge is -2.32. The molecule has 2 N–H and O–H groups in total. The summed E-state index contributed by atoms with van der Waals surface area (Å²) in [5, 5.41) is 3.08. The largest absolute Gasteiger partial charge is 0.494 e. The minimum Gasteiger partial charge on any atom is -0.455 e. The SMILES string of the molecule is CNC(=O)c1c(-c2ccc(F)cc2)oc2cc(NS(=O)(=O)CCCc3ccc(B4OC(C)(C)C(C)(C)O4)cc3C(F)(F)F)c(C3CC3)cc12. The lowest BCUT2D eigenvalue weighted by atomic mass is 9.77. The number of halogens is 4. The molecule has 1 saturated heterocycles. The smallest absolute Gasteiger partial charge is 0.455 e. The van der Waals surface area contributed by atoms with E-state index in [-0.39, 0.29) is 52.4 Å². The average Bonchev–Trinajstić information content (AvgIpc) is 3.75. The second-order valence-corrected chi connectivity index (χ2v) is 15.5. The molecule has 14 heteroatoms. The van der Waals surface area contributed by atoms with Gasteiger partial charge in [0.2, 0.25) is 10.0 Å². The van der Waals surface area contributed by atoms with Gasteiger partial charge in [-0.05, 0) is 112 Å². The summed E-state index contributed by atoms with van der Waals surface area (Å²) in [6.07, 6.45) is -3.25. The average molecular weight is 701 g/mol. The molecule has 0 unspecified atom stereocenters. The third-order valence-electron chi connectivity index (χ3n) is 9.53. The van der Waals surface area contributed by atoms with Gasteiger partial charge in [0.25, 0.3) is 5.91 Å². The maximum absolute atomic E-state index is 14.2. The Morgan fingerprint density at radius 1 is 0.980 bits per heavy atom. The summed E-state index contributed by atoms with van der Waals surface area (Å²) in [4.78, 5) is 13.0. The number of carbonyl (C=O) groups is 1. The number of aryl methyl sites for hydroxylation is 1. The standard InChI is InChI=1S/C35H37BF4N2O6S/c1-33(2)34(3,4)48-36(47-33)23-13-10-21(27(17-23)35(38,39)40)7-6-16-49(44,45)42-28-19-29-26(18-25(28)20-8-9-20)30(32(43)41-5)31(46-29)22-11-14-24(37)15-12-22/h10-15,17-20,42H,6-9,16H2,1-5H3,(H,41,43). The van der Waals surface area contributed by atoms with Crippen LogP contribution in [0.1, 0.15) is 79.9 Å². The van der Waals surface area contributed by atoms with Gasteiger partial charge in [0.1, 0.15) is 17.2 Å². The zero-order valence-corrected chi connectivity index (χ0v) is 28.6. The molecule has 260 valence electrons. The van der Waals surface area contributed by atoms with Crippen LogP contribution in [0.3, 0.4) is 0 Å². The van der Waals surface area contributed by atoms with Crippen LogP contribution in [0.15, 0.2) is 59.0 Å². The molecule has 2 fully saturated rings. The van der Waals surface area contributed by atoms with E-state index in [2.05, 4.69) is 10.0 Å². The summed E-state index contributed by atoms with van der Waals surface area (Å²) < 4.78 is 103. The second-order valence-electron chi connectivity index (χ2n) is 13.6. The molecule has 1 aromatic heterocycles. The van der Waals surface area contributed by atoms with Crippen molar-refractivity contribution in [3.8, 4) is 11.3 Å². The molecule has 4 aromatic rings. The first-order valence-electron chi connectivity index (χ1n) is 16.0. The van der Waals surface area contributed by atoms with Crippen molar-refractivity contribution < 1.29 is 44.5 Å². The number of fused-ring (bicyclic) bond motifs is 1. The number of carbonyl (C=O) groups excluding carboxylic acids is 1. The van der Waals surface area contributed by atoms with Crippen molar-refractivity contribution in [1.29, 1.82) is 0 Å². The third-order valence-corrected chi connectivity index (χ3v) is 10.9. The highest BCUT2D eigenvalue weighted by molar-refractivity contribution is 7.92. The van der Waals surface area contributed by atoms with Gasteiger partial charge in [0.15, 0.2) is 0 Å². The van der Waals surface area contributed by atoms with Crippen LogP contribution < -0.4 is 15.5 Å². The zero-order valence-electron chi connectivity index (χ0n) is 27.8. The number of nitrogens with one attached hydrogen (secondary N) is 2. The highest BCUT2D eigenvalue weighted by Gasteiger charge is 2.52. The van der Waals surface area contributed by atoms with Crippen molar-refractivity contribution in [1.82, 2.24) is 5.32 Å². The topological polar surface area (TPSA) is 107 Å². The Balaban J connectivity index is 1.23. The summed E-state index contributed by atoms with van der Waals surface area (Å²) in [7, 11) is -3.51. The van der Waals surface area contributed by atoms with E-state index in [0.717, 1.165) is 18.9 Å². The summed E-state index contributed by atoms with van der Waals surface area (Å²) in [6.45, 7) is 7.25. The van der Waals surface area contributed by atoms with E-state index in [1.165, 1.54) is 49.5 Å². The van der Waals surface area contributed by atoms with Gasteiger partial charge in [-0.3, -0.25) is 9.52 Å². The first kappa shape index (κ1) is 35.0. The third kappa shape index (κ3) is 7.09. The number of anilines is 1. The molecule has 8 nitrogen and oxygen atoms in total. The quantitative estimate of drug-likeness (QED) is 0.134. The van der Waals surface area contributed by atoms with Gasteiger partial charge in [-0.2, -0.15) is 13.2 Å². The van der Waals surface area contributed by atoms with Crippen LogP contribution in [0.4, 0.5) is 23.2 Å². The van der Waals surface area contributed by atoms with Gasteiger partial charge in [-0.15, -0.1) is 0 Å². The van der Waals surface area contributed by atoms with E-state index in [4.69, 9.17) is 13.7 Å². The summed E-state index contributed by atoms with van der Waals surface area (Å²) in [5.74, 6) is -1.05. The molecule has 0 bridgehead atoms. The highest BCUT2D eigenvalue weighted by atomic mass is 32.2. The molecule has 49 heavy (non-hydrogen) atoms. The number of furan rings is 1. The number of hydrogen-bond donors (Lipinski definition) is 2. The van der Waals surface area contributed by atoms with Crippen LogP contribution >= 0.6 is 0 Å². The van der Waals surface area contributed by atoms with Gasteiger partial charge in [-0.25, -0.2) is 12.8 Å². The Labute approximate surface area is 282 Å². The van der Waals surface area contributed by atoms with Crippen molar-refractivity contribution in [2.24, 2.45) is 0 Å². The molecule has 1 saturated carbocycles. The zero-order chi connectivity index (χ0) is 35.5. The van der Waals surface area contributed by atoms with Crippen LogP contribution in [-0.2, 0) is 31.9 Å². The van der Waals surface area contributed by atoms with Gasteiger partial charge < -0.3 is 19.0 Å². The number of alkyl halides is 3. The first-order valence-corrected chi connectivity index (χ1v) is 17.7. The Morgan fingerprint density at radius 2 is 1.63 bits per heavy atom. The van der Waals surface area contributed by atoms with Crippen molar-refractivity contribution in [3.63, 3.8) is 0 Å². The van der Waals surface area contributed by atoms with Gasteiger partial charge in [-0.1, -0.05) is 12.1 Å². The van der Waals surface area contributed by atoms with Gasteiger partial charge in [0, 0.05) is 24.1 Å². The molecule has 2 heterocycles. The summed E-state index contributed by atoms with van der Waals surface area (Å²) in [6, 6.07) is 12.6. The maximum atomic E-state index is 14.2. The normalized spacial score (nSPS) is 17.4. The maximum Gasteiger partial charge on any atom is 0.494 e.